The van der Waals surface area contributed by atoms with E-state index >= 15 is 0 Å². The monoisotopic (exact) mass is 239 g/mol. The van der Waals surface area contributed by atoms with Crippen molar-refractivity contribution in [3.05, 3.63) is 29.8 Å². The third-order valence-electron chi connectivity index (χ3n) is 2.43. The molecule has 3 heteroatoms. The van der Waals surface area contributed by atoms with Crippen molar-refractivity contribution in [2.24, 2.45) is 0 Å². The van der Waals surface area contributed by atoms with Gasteiger partial charge in [0, 0.05) is 17.4 Å². The third-order valence-corrected chi connectivity index (χ3v) is 3.41. The minimum atomic E-state index is 0.368. The zero-order valence-electron chi connectivity index (χ0n) is 10.3. The van der Waals surface area contributed by atoms with E-state index in [4.69, 9.17) is 4.74 Å². The van der Waals surface area contributed by atoms with Crippen LogP contribution in [-0.2, 0) is 0 Å². The lowest BCUT2D eigenvalue weighted by atomic mass is 10.1. The number of thioether (sulfide) groups is 1. The van der Waals surface area contributed by atoms with E-state index in [0.717, 1.165) is 17.3 Å². The van der Waals surface area contributed by atoms with Crippen LogP contribution in [0.3, 0.4) is 0 Å². The molecule has 1 aromatic carbocycles. The minimum absolute atomic E-state index is 0.368. The molecule has 0 amide bonds. The van der Waals surface area contributed by atoms with Gasteiger partial charge in [0.05, 0.1) is 6.61 Å². The maximum Gasteiger partial charge on any atom is 0.124 e. The van der Waals surface area contributed by atoms with Crippen LogP contribution in [0.2, 0.25) is 0 Å². The molecular weight excluding hydrogens is 218 g/mol. The molecule has 16 heavy (non-hydrogen) atoms. The summed E-state index contributed by atoms with van der Waals surface area (Å²) < 4.78 is 5.65. The Morgan fingerprint density at radius 3 is 2.69 bits per heavy atom. The standard InChI is InChI=1S/C13H21NOS/c1-4-15-13-9-7-6-8-11(13)12(14-3)10-16-5-2/h6-9,12,14H,4-5,10H2,1-3H3. The van der Waals surface area contributed by atoms with Crippen LogP contribution in [0, 0.1) is 0 Å². The van der Waals surface area contributed by atoms with E-state index in [-0.39, 0.29) is 0 Å². The molecule has 1 aromatic rings. The van der Waals surface area contributed by atoms with Gasteiger partial charge in [-0.2, -0.15) is 11.8 Å². The van der Waals surface area contributed by atoms with Crippen LogP contribution in [0.4, 0.5) is 0 Å². The van der Waals surface area contributed by atoms with E-state index in [1.807, 2.05) is 37.9 Å². The molecule has 0 saturated heterocycles. The summed E-state index contributed by atoms with van der Waals surface area (Å²) in [5.41, 5.74) is 1.26. The fraction of sp³-hybridized carbons (Fsp3) is 0.538. The number of hydrogen-bond acceptors (Lipinski definition) is 3. The van der Waals surface area contributed by atoms with Gasteiger partial charge in [0.2, 0.25) is 0 Å². The fourth-order valence-corrected chi connectivity index (χ4v) is 2.44. The van der Waals surface area contributed by atoms with Gasteiger partial charge in [0.15, 0.2) is 0 Å². The van der Waals surface area contributed by atoms with E-state index in [0.29, 0.717) is 12.6 Å². The van der Waals surface area contributed by atoms with Crippen molar-refractivity contribution in [1.29, 1.82) is 0 Å². The van der Waals surface area contributed by atoms with Gasteiger partial charge in [-0.05, 0) is 25.8 Å². The quantitative estimate of drug-likeness (QED) is 0.790. The first-order valence-electron chi connectivity index (χ1n) is 5.80. The maximum absolute atomic E-state index is 5.65. The highest BCUT2D eigenvalue weighted by molar-refractivity contribution is 7.99. The Balaban J connectivity index is 2.81. The van der Waals surface area contributed by atoms with E-state index < -0.39 is 0 Å². The molecule has 0 aromatic heterocycles. The predicted molar refractivity (Wildman–Crippen MR) is 72.4 cm³/mol. The van der Waals surface area contributed by atoms with Gasteiger partial charge in [-0.1, -0.05) is 25.1 Å². The van der Waals surface area contributed by atoms with Gasteiger partial charge >= 0.3 is 0 Å². The van der Waals surface area contributed by atoms with Crippen LogP contribution >= 0.6 is 11.8 Å². The molecule has 0 fully saturated rings. The normalized spacial score (nSPS) is 12.4. The number of hydrogen-bond donors (Lipinski definition) is 1. The Labute approximate surface area is 103 Å². The highest BCUT2D eigenvalue weighted by atomic mass is 32.2. The van der Waals surface area contributed by atoms with E-state index in [9.17, 15) is 0 Å². The molecule has 0 heterocycles. The second kappa shape index (κ2) is 7.58. The smallest absolute Gasteiger partial charge is 0.124 e. The predicted octanol–water partition coefficient (Wildman–Crippen LogP) is 3.10. The van der Waals surface area contributed by atoms with Crippen LogP contribution in [0.25, 0.3) is 0 Å². The molecule has 0 aliphatic rings. The van der Waals surface area contributed by atoms with Gasteiger partial charge in [0.25, 0.3) is 0 Å². The molecule has 1 atom stereocenters. The summed E-state index contributed by atoms with van der Waals surface area (Å²) in [6.45, 7) is 4.92. The number of para-hydroxylation sites is 1. The van der Waals surface area contributed by atoms with Crippen LogP contribution in [-0.4, -0.2) is 25.2 Å². The lowest BCUT2D eigenvalue weighted by molar-refractivity contribution is 0.333. The van der Waals surface area contributed by atoms with E-state index in [2.05, 4.69) is 24.4 Å². The van der Waals surface area contributed by atoms with Gasteiger partial charge in [-0.15, -0.1) is 0 Å². The van der Waals surface area contributed by atoms with Crippen molar-refractivity contribution in [2.45, 2.75) is 19.9 Å². The molecule has 2 nitrogen and oxygen atoms in total. The molecule has 0 aliphatic carbocycles. The maximum atomic E-state index is 5.65. The van der Waals surface area contributed by atoms with Crippen LogP contribution in [0.15, 0.2) is 24.3 Å². The Bertz CT molecular complexity index is 304. The molecule has 1 unspecified atom stereocenters. The topological polar surface area (TPSA) is 21.3 Å². The number of benzene rings is 1. The van der Waals surface area contributed by atoms with Crippen molar-refractivity contribution in [3.8, 4) is 5.75 Å². The van der Waals surface area contributed by atoms with Gasteiger partial charge in [0.1, 0.15) is 5.75 Å². The Morgan fingerprint density at radius 1 is 1.31 bits per heavy atom. The van der Waals surface area contributed by atoms with Crippen molar-refractivity contribution in [3.63, 3.8) is 0 Å². The average molecular weight is 239 g/mol. The molecule has 90 valence electrons. The molecule has 1 rings (SSSR count). The number of rotatable bonds is 7. The van der Waals surface area contributed by atoms with Crippen molar-refractivity contribution in [2.75, 3.05) is 25.2 Å². The van der Waals surface area contributed by atoms with Gasteiger partial charge < -0.3 is 10.1 Å². The number of nitrogens with one attached hydrogen (secondary N) is 1. The van der Waals surface area contributed by atoms with E-state index in [1.54, 1.807) is 0 Å². The summed E-state index contributed by atoms with van der Waals surface area (Å²) in [7, 11) is 2.00. The summed E-state index contributed by atoms with van der Waals surface area (Å²) in [6.07, 6.45) is 0. The average Bonchev–Trinajstić information content (AvgIpc) is 2.32. The highest BCUT2D eigenvalue weighted by Crippen LogP contribution is 2.27. The first-order chi connectivity index (χ1) is 7.83. The second-order valence-electron chi connectivity index (χ2n) is 3.47. The fourth-order valence-electron chi connectivity index (χ4n) is 1.62. The summed E-state index contributed by atoms with van der Waals surface area (Å²) >= 11 is 1.94. The lowest BCUT2D eigenvalue weighted by Gasteiger charge is -2.19. The summed E-state index contributed by atoms with van der Waals surface area (Å²) in [5.74, 6) is 3.23. The first-order valence-corrected chi connectivity index (χ1v) is 6.95. The minimum Gasteiger partial charge on any atom is -0.494 e. The zero-order valence-corrected chi connectivity index (χ0v) is 11.1. The van der Waals surface area contributed by atoms with Crippen molar-refractivity contribution >= 4 is 11.8 Å². The first kappa shape index (κ1) is 13.4. The van der Waals surface area contributed by atoms with Crippen LogP contribution in [0.1, 0.15) is 25.5 Å². The Kier molecular flexibility index (Phi) is 6.34. The Morgan fingerprint density at radius 2 is 2.06 bits per heavy atom. The molecule has 0 spiro atoms. The third kappa shape index (κ3) is 3.72. The van der Waals surface area contributed by atoms with Crippen molar-refractivity contribution < 1.29 is 4.74 Å². The number of ether oxygens (including phenoxy) is 1. The van der Waals surface area contributed by atoms with Crippen LogP contribution < -0.4 is 10.1 Å². The van der Waals surface area contributed by atoms with Gasteiger partial charge in [-0.25, -0.2) is 0 Å². The summed E-state index contributed by atoms with van der Waals surface area (Å²) in [4.78, 5) is 0. The second-order valence-corrected chi connectivity index (χ2v) is 4.79. The van der Waals surface area contributed by atoms with Crippen LogP contribution in [0.5, 0.6) is 5.75 Å². The lowest BCUT2D eigenvalue weighted by Crippen LogP contribution is -2.19. The SMILES string of the molecule is CCOc1ccccc1C(CSCC)NC. The van der Waals surface area contributed by atoms with Crippen molar-refractivity contribution in [1.82, 2.24) is 5.32 Å². The van der Waals surface area contributed by atoms with Gasteiger partial charge in [-0.3, -0.25) is 0 Å². The highest BCUT2D eigenvalue weighted by Gasteiger charge is 2.13. The van der Waals surface area contributed by atoms with E-state index in [1.165, 1.54) is 5.56 Å². The molecule has 0 bridgehead atoms. The summed E-state index contributed by atoms with van der Waals surface area (Å²) in [5, 5.41) is 3.35. The molecule has 1 N–H and O–H groups in total. The summed E-state index contributed by atoms with van der Waals surface area (Å²) in [6, 6.07) is 8.64. The Hall–Kier alpha value is -0.670. The zero-order chi connectivity index (χ0) is 11.8. The molecule has 0 aliphatic heterocycles. The molecular formula is C13H21NOS. The molecule has 0 radical (unpaired) electrons. The molecule has 0 saturated carbocycles. The largest absolute Gasteiger partial charge is 0.494 e.